The first-order valence-corrected chi connectivity index (χ1v) is 12.8. The van der Waals surface area contributed by atoms with Gasteiger partial charge in [-0.1, -0.05) is 60.1 Å². The largest absolute Gasteiger partial charge is 0.318 e. The molecule has 5 rings (SSSR count). The van der Waals surface area contributed by atoms with Gasteiger partial charge in [0.1, 0.15) is 0 Å². The molecule has 5 nitrogen and oxygen atoms in total. The maximum atomic E-state index is 13.4. The summed E-state index contributed by atoms with van der Waals surface area (Å²) in [6.07, 6.45) is 1.95. The Morgan fingerprint density at radius 2 is 1.26 bits per heavy atom. The molecule has 0 N–H and O–H groups in total. The number of nitrogens with zero attached hydrogens (tertiary/aromatic N) is 3. The molecular formula is C32H28ClN3O2. The predicted molar refractivity (Wildman–Crippen MR) is 152 cm³/mol. The molecule has 1 aromatic heterocycles. The minimum atomic E-state index is -0.568. The van der Waals surface area contributed by atoms with Gasteiger partial charge in [0.15, 0.2) is 11.6 Å². The van der Waals surface area contributed by atoms with Crippen molar-refractivity contribution in [1.29, 1.82) is 0 Å². The van der Waals surface area contributed by atoms with Crippen molar-refractivity contribution in [3.63, 3.8) is 0 Å². The van der Waals surface area contributed by atoms with Gasteiger partial charge in [0.25, 0.3) is 0 Å². The number of benzene rings is 3. The smallest absolute Gasteiger partial charge is 0.158 e. The highest BCUT2D eigenvalue weighted by Gasteiger charge is 2.39. The number of allylic oxidation sites excluding steroid dienone is 4. The summed E-state index contributed by atoms with van der Waals surface area (Å²) in [4.78, 5) is 28.7. The summed E-state index contributed by atoms with van der Waals surface area (Å²) in [5.41, 5.74) is 6.88. The van der Waals surface area contributed by atoms with Crippen molar-refractivity contribution in [2.75, 3.05) is 4.90 Å². The minimum Gasteiger partial charge on any atom is -0.318 e. The van der Waals surface area contributed by atoms with Crippen LogP contribution in [0.25, 0.3) is 16.9 Å². The Labute approximate surface area is 227 Å². The fraction of sp³-hybridized carbons (Fsp3) is 0.156. The quantitative estimate of drug-likeness (QED) is 0.263. The van der Waals surface area contributed by atoms with Gasteiger partial charge < -0.3 is 4.90 Å². The molecule has 1 aliphatic heterocycles. The molecule has 1 aliphatic rings. The molecule has 190 valence electrons. The van der Waals surface area contributed by atoms with E-state index in [1.54, 1.807) is 13.8 Å². The number of carbonyl (C=O) groups excluding carboxylic acids is 2. The highest BCUT2D eigenvalue weighted by Crippen LogP contribution is 2.46. The summed E-state index contributed by atoms with van der Waals surface area (Å²) in [6.45, 7) is 6.99. The molecule has 0 amide bonds. The van der Waals surface area contributed by atoms with E-state index in [0.29, 0.717) is 16.2 Å². The zero-order valence-corrected chi connectivity index (χ0v) is 22.5. The lowest BCUT2D eigenvalue weighted by Crippen LogP contribution is -2.33. The number of anilines is 1. The molecule has 0 atom stereocenters. The fourth-order valence-electron chi connectivity index (χ4n) is 5.39. The SMILES string of the molecule is CC(=O)C1=C(C)N(c2ccc(Cl)cc2)C(C)=C(C(C)=O)C1c1cn(-c2ccccc2)nc1-c1ccccc1. The fourth-order valence-corrected chi connectivity index (χ4v) is 5.52. The van der Waals surface area contributed by atoms with Gasteiger partial charge in [0.2, 0.25) is 0 Å². The maximum Gasteiger partial charge on any atom is 0.158 e. The summed E-state index contributed by atoms with van der Waals surface area (Å²) < 4.78 is 1.82. The van der Waals surface area contributed by atoms with E-state index in [4.69, 9.17) is 16.7 Å². The molecule has 0 radical (unpaired) electrons. The van der Waals surface area contributed by atoms with Crippen molar-refractivity contribution in [2.45, 2.75) is 33.6 Å². The van der Waals surface area contributed by atoms with Crippen LogP contribution in [0.1, 0.15) is 39.2 Å². The number of carbonyl (C=O) groups is 2. The van der Waals surface area contributed by atoms with Gasteiger partial charge >= 0.3 is 0 Å². The van der Waals surface area contributed by atoms with E-state index in [9.17, 15) is 9.59 Å². The Hall–Kier alpha value is -4.22. The van der Waals surface area contributed by atoms with Crippen molar-refractivity contribution in [3.8, 4) is 16.9 Å². The number of hydrogen-bond donors (Lipinski definition) is 0. The topological polar surface area (TPSA) is 55.2 Å². The molecule has 4 aromatic rings. The molecule has 0 saturated carbocycles. The van der Waals surface area contributed by atoms with Crippen LogP contribution in [-0.4, -0.2) is 21.3 Å². The van der Waals surface area contributed by atoms with E-state index in [2.05, 4.69) is 0 Å². The molecule has 2 heterocycles. The molecule has 6 heteroatoms. The zero-order chi connectivity index (χ0) is 27.0. The third-order valence-corrected chi connectivity index (χ3v) is 7.24. The molecule has 0 bridgehead atoms. The van der Waals surface area contributed by atoms with Gasteiger partial charge in [-0.25, -0.2) is 4.68 Å². The van der Waals surface area contributed by atoms with Crippen molar-refractivity contribution in [2.24, 2.45) is 0 Å². The first-order valence-electron chi connectivity index (χ1n) is 12.5. The number of Topliss-reactive ketones (excluding diaryl/α,β-unsaturated/α-hetero) is 2. The van der Waals surface area contributed by atoms with E-state index >= 15 is 0 Å². The van der Waals surface area contributed by atoms with Crippen LogP contribution < -0.4 is 4.90 Å². The van der Waals surface area contributed by atoms with E-state index in [1.807, 2.05) is 115 Å². The molecule has 0 unspecified atom stereocenters. The monoisotopic (exact) mass is 521 g/mol. The van der Waals surface area contributed by atoms with Gasteiger partial charge in [-0.05, 0) is 64.1 Å². The van der Waals surface area contributed by atoms with E-state index in [-0.39, 0.29) is 11.6 Å². The Kier molecular flexibility index (Phi) is 6.87. The van der Waals surface area contributed by atoms with Crippen LogP contribution >= 0.6 is 11.6 Å². The normalized spacial score (nSPS) is 14.3. The summed E-state index contributed by atoms with van der Waals surface area (Å²) >= 11 is 6.15. The third-order valence-electron chi connectivity index (χ3n) is 6.99. The molecule has 0 saturated heterocycles. The van der Waals surface area contributed by atoms with Gasteiger partial charge in [-0.3, -0.25) is 9.59 Å². The Bertz CT molecular complexity index is 1540. The number of ketones is 2. The number of aromatic nitrogens is 2. The van der Waals surface area contributed by atoms with Crippen LogP contribution in [0, 0.1) is 0 Å². The number of hydrogen-bond acceptors (Lipinski definition) is 4. The van der Waals surface area contributed by atoms with Crippen LogP contribution in [-0.2, 0) is 9.59 Å². The highest BCUT2D eigenvalue weighted by atomic mass is 35.5. The second-order valence-corrected chi connectivity index (χ2v) is 9.87. The number of para-hydroxylation sites is 1. The summed E-state index contributed by atoms with van der Waals surface area (Å²) in [5, 5.41) is 5.59. The van der Waals surface area contributed by atoms with Crippen LogP contribution in [0.4, 0.5) is 5.69 Å². The van der Waals surface area contributed by atoms with Gasteiger partial charge in [-0.15, -0.1) is 0 Å². The molecule has 0 spiro atoms. The van der Waals surface area contributed by atoms with Crippen LogP contribution in [0.2, 0.25) is 5.02 Å². The van der Waals surface area contributed by atoms with Crippen LogP contribution in [0.5, 0.6) is 0 Å². The Morgan fingerprint density at radius 1 is 0.737 bits per heavy atom. The van der Waals surface area contributed by atoms with Gasteiger partial charge in [-0.2, -0.15) is 5.10 Å². The second kappa shape index (κ2) is 10.3. The number of rotatable bonds is 6. The molecule has 0 aliphatic carbocycles. The average Bonchev–Trinajstić information content (AvgIpc) is 3.35. The van der Waals surface area contributed by atoms with Gasteiger partial charge in [0.05, 0.1) is 11.4 Å². The lowest BCUT2D eigenvalue weighted by molar-refractivity contribution is -0.114. The average molecular weight is 522 g/mol. The van der Waals surface area contributed by atoms with Crippen molar-refractivity contribution >= 4 is 28.9 Å². The zero-order valence-electron chi connectivity index (χ0n) is 21.8. The van der Waals surface area contributed by atoms with Gasteiger partial charge in [0, 0.05) is 56.5 Å². The lowest BCUT2D eigenvalue weighted by Gasteiger charge is -2.38. The first-order chi connectivity index (χ1) is 18.3. The lowest BCUT2D eigenvalue weighted by atomic mass is 9.76. The summed E-state index contributed by atoms with van der Waals surface area (Å²) in [6, 6.07) is 27.1. The second-order valence-electron chi connectivity index (χ2n) is 9.43. The molecule has 3 aromatic carbocycles. The van der Waals surface area contributed by atoms with Crippen molar-refractivity contribution in [3.05, 3.63) is 124 Å². The minimum absolute atomic E-state index is 0.0933. The molecular weight excluding hydrogens is 494 g/mol. The summed E-state index contributed by atoms with van der Waals surface area (Å²) in [7, 11) is 0. The van der Waals surface area contributed by atoms with E-state index < -0.39 is 5.92 Å². The third kappa shape index (κ3) is 4.50. The Balaban J connectivity index is 1.80. The number of halogens is 1. The van der Waals surface area contributed by atoms with E-state index in [1.165, 1.54) is 0 Å². The summed E-state index contributed by atoms with van der Waals surface area (Å²) in [5.74, 6) is -0.755. The van der Waals surface area contributed by atoms with Crippen LogP contribution in [0.3, 0.4) is 0 Å². The highest BCUT2D eigenvalue weighted by molar-refractivity contribution is 6.30. The van der Waals surface area contributed by atoms with Crippen LogP contribution in [0.15, 0.2) is 114 Å². The van der Waals surface area contributed by atoms with Crippen molar-refractivity contribution in [1.82, 2.24) is 9.78 Å². The Morgan fingerprint density at radius 3 is 1.79 bits per heavy atom. The predicted octanol–water partition coefficient (Wildman–Crippen LogP) is 7.52. The van der Waals surface area contributed by atoms with E-state index in [0.717, 1.165) is 39.6 Å². The molecule has 38 heavy (non-hydrogen) atoms. The van der Waals surface area contributed by atoms with Crippen molar-refractivity contribution < 1.29 is 9.59 Å². The standard InChI is InChI=1S/C32H28ClN3O2/c1-20-29(22(3)37)31(30(23(4)38)21(2)36(20)27-17-15-25(33)16-18-27)28-19-35(26-13-9-6-10-14-26)34-32(28)24-11-7-5-8-12-24/h5-19,31H,1-4H3. The first kappa shape index (κ1) is 25.4. The maximum absolute atomic E-state index is 13.4. The molecule has 0 fully saturated rings.